The third-order valence-electron chi connectivity index (χ3n) is 4.66. The van der Waals surface area contributed by atoms with Crippen molar-refractivity contribution >= 4 is 39.3 Å². The molecular weight excluding hydrogens is 474 g/mol. The number of carbonyl (C=O) groups is 3. The molecule has 0 saturated heterocycles. The first-order chi connectivity index (χ1) is 15.1. The van der Waals surface area contributed by atoms with Crippen LogP contribution in [0.2, 0.25) is 0 Å². The molecule has 3 N–H and O–H groups in total. The molecule has 2 aromatic rings. The number of ether oxygens (including phenoxy) is 1. The summed E-state index contributed by atoms with van der Waals surface area (Å²) in [6.45, 7) is 8.11. The van der Waals surface area contributed by atoms with Crippen molar-refractivity contribution in [2.45, 2.75) is 52.4 Å². The SMILES string of the molecule is CCCCC(=O)Nc1ccc(C(=O)NNC(=O)COc2ccc(C(C)(C)C)cc2Br)cc1. The normalized spacial score (nSPS) is 10.9. The molecule has 0 fully saturated rings. The van der Waals surface area contributed by atoms with Crippen LogP contribution in [0.1, 0.15) is 62.9 Å². The highest BCUT2D eigenvalue weighted by Gasteiger charge is 2.16. The Kier molecular flexibility index (Phi) is 9.26. The van der Waals surface area contributed by atoms with E-state index in [4.69, 9.17) is 4.74 Å². The van der Waals surface area contributed by atoms with Crippen molar-refractivity contribution in [1.82, 2.24) is 10.9 Å². The zero-order valence-electron chi connectivity index (χ0n) is 18.9. The predicted molar refractivity (Wildman–Crippen MR) is 129 cm³/mol. The van der Waals surface area contributed by atoms with E-state index in [0.717, 1.165) is 22.9 Å². The summed E-state index contributed by atoms with van der Waals surface area (Å²) in [7, 11) is 0. The van der Waals surface area contributed by atoms with Crippen molar-refractivity contribution in [1.29, 1.82) is 0 Å². The van der Waals surface area contributed by atoms with Gasteiger partial charge in [-0.1, -0.05) is 40.2 Å². The Hall–Kier alpha value is -2.87. The van der Waals surface area contributed by atoms with Crippen LogP contribution < -0.4 is 20.9 Å². The Morgan fingerprint density at radius 1 is 0.969 bits per heavy atom. The first kappa shape index (κ1) is 25.4. The van der Waals surface area contributed by atoms with Gasteiger partial charge in [0.15, 0.2) is 6.61 Å². The van der Waals surface area contributed by atoms with E-state index in [1.165, 1.54) is 0 Å². The van der Waals surface area contributed by atoms with Gasteiger partial charge in [-0.25, -0.2) is 0 Å². The molecule has 7 nitrogen and oxygen atoms in total. The fraction of sp³-hybridized carbons (Fsp3) is 0.375. The third kappa shape index (κ3) is 8.00. The third-order valence-corrected chi connectivity index (χ3v) is 5.28. The second-order valence-corrected chi connectivity index (χ2v) is 9.27. The molecule has 2 rings (SSSR count). The summed E-state index contributed by atoms with van der Waals surface area (Å²) >= 11 is 3.46. The van der Waals surface area contributed by atoms with E-state index in [2.05, 4.69) is 52.9 Å². The van der Waals surface area contributed by atoms with Gasteiger partial charge in [0.05, 0.1) is 4.47 Å². The van der Waals surface area contributed by atoms with E-state index >= 15 is 0 Å². The average Bonchev–Trinajstić information content (AvgIpc) is 2.75. The summed E-state index contributed by atoms with van der Waals surface area (Å²) in [5.74, 6) is -0.491. The molecule has 0 radical (unpaired) electrons. The molecule has 0 unspecified atom stereocenters. The fourth-order valence-electron chi connectivity index (χ4n) is 2.73. The Bertz CT molecular complexity index is 953. The number of anilines is 1. The fourth-order valence-corrected chi connectivity index (χ4v) is 3.22. The van der Waals surface area contributed by atoms with Gasteiger partial charge in [0.1, 0.15) is 5.75 Å². The molecule has 0 aliphatic rings. The summed E-state index contributed by atoms with van der Waals surface area (Å²) in [4.78, 5) is 36.0. The smallest absolute Gasteiger partial charge is 0.276 e. The van der Waals surface area contributed by atoms with E-state index in [-0.39, 0.29) is 17.9 Å². The van der Waals surface area contributed by atoms with Crippen molar-refractivity contribution in [3.05, 3.63) is 58.1 Å². The standard InChI is InChI=1S/C24H30BrN3O4/c1-5-6-7-21(29)26-18-11-8-16(9-12-18)23(31)28-27-22(30)15-32-20-13-10-17(14-19(20)25)24(2,3)4/h8-14H,5-7,15H2,1-4H3,(H,26,29)(H,27,30)(H,28,31). The Morgan fingerprint density at radius 3 is 2.25 bits per heavy atom. The number of hydrazine groups is 1. The molecule has 172 valence electrons. The largest absolute Gasteiger partial charge is 0.483 e. The van der Waals surface area contributed by atoms with Crippen molar-refractivity contribution in [3.8, 4) is 5.75 Å². The molecule has 0 atom stereocenters. The number of rotatable bonds is 8. The molecule has 0 bridgehead atoms. The van der Waals surface area contributed by atoms with Crippen LogP contribution in [0.25, 0.3) is 0 Å². The molecule has 32 heavy (non-hydrogen) atoms. The number of halogens is 1. The van der Waals surface area contributed by atoms with Crippen LogP contribution in [0.5, 0.6) is 5.75 Å². The van der Waals surface area contributed by atoms with Crippen molar-refractivity contribution in [3.63, 3.8) is 0 Å². The number of amides is 3. The molecule has 0 aromatic heterocycles. The van der Waals surface area contributed by atoms with Gasteiger partial charge in [0, 0.05) is 17.7 Å². The van der Waals surface area contributed by atoms with Crippen LogP contribution >= 0.6 is 15.9 Å². The lowest BCUT2D eigenvalue weighted by Crippen LogP contribution is -2.43. The lowest BCUT2D eigenvalue weighted by Gasteiger charge is -2.20. The molecule has 3 amide bonds. The number of hydrogen-bond donors (Lipinski definition) is 3. The minimum Gasteiger partial charge on any atom is -0.483 e. The summed E-state index contributed by atoms with van der Waals surface area (Å²) < 4.78 is 6.29. The second-order valence-electron chi connectivity index (χ2n) is 8.42. The van der Waals surface area contributed by atoms with Crippen molar-refractivity contribution < 1.29 is 19.1 Å². The van der Waals surface area contributed by atoms with Crippen molar-refractivity contribution in [2.75, 3.05) is 11.9 Å². The summed E-state index contributed by atoms with van der Waals surface area (Å²) in [6, 6.07) is 12.1. The average molecular weight is 504 g/mol. The summed E-state index contributed by atoms with van der Waals surface area (Å²) in [5.41, 5.74) is 6.78. The van der Waals surface area contributed by atoms with Gasteiger partial charge in [-0.3, -0.25) is 25.2 Å². The van der Waals surface area contributed by atoms with Gasteiger partial charge >= 0.3 is 0 Å². The van der Waals surface area contributed by atoms with Gasteiger partial charge in [0.2, 0.25) is 5.91 Å². The molecule has 0 aliphatic carbocycles. The van der Waals surface area contributed by atoms with Gasteiger partial charge in [-0.15, -0.1) is 0 Å². The number of nitrogens with one attached hydrogen (secondary N) is 3. The maximum Gasteiger partial charge on any atom is 0.276 e. The zero-order chi connectivity index (χ0) is 23.7. The van der Waals surface area contributed by atoms with Crippen molar-refractivity contribution in [2.24, 2.45) is 0 Å². The Morgan fingerprint density at radius 2 is 1.66 bits per heavy atom. The molecule has 0 aliphatic heterocycles. The van der Waals surface area contributed by atoms with Gasteiger partial charge < -0.3 is 10.1 Å². The van der Waals surface area contributed by atoms with Crippen LogP contribution in [0.3, 0.4) is 0 Å². The molecule has 0 saturated carbocycles. The van der Waals surface area contributed by atoms with Crippen LogP contribution in [0, 0.1) is 0 Å². The first-order valence-electron chi connectivity index (χ1n) is 10.5. The number of unbranched alkanes of at least 4 members (excludes halogenated alkanes) is 1. The van der Waals surface area contributed by atoms with E-state index in [1.54, 1.807) is 30.3 Å². The topological polar surface area (TPSA) is 96.5 Å². The highest BCUT2D eigenvalue weighted by Crippen LogP contribution is 2.31. The molecule has 8 heteroatoms. The van der Waals surface area contributed by atoms with Gasteiger partial charge in [-0.2, -0.15) is 0 Å². The predicted octanol–water partition coefficient (Wildman–Crippen LogP) is 4.72. The second kappa shape index (κ2) is 11.7. The molecular formula is C24H30BrN3O4. The Balaban J connectivity index is 1.80. The number of benzene rings is 2. The van der Waals surface area contributed by atoms with Gasteiger partial charge in [0.25, 0.3) is 11.8 Å². The molecule has 0 spiro atoms. The zero-order valence-corrected chi connectivity index (χ0v) is 20.5. The molecule has 0 heterocycles. The van der Waals surface area contributed by atoms with Crippen LogP contribution in [0.15, 0.2) is 46.9 Å². The minimum absolute atomic E-state index is 0.00154. The number of carbonyl (C=O) groups excluding carboxylic acids is 3. The maximum absolute atomic E-state index is 12.2. The quantitative estimate of drug-likeness (QED) is 0.454. The Labute approximate surface area is 197 Å². The van der Waals surface area contributed by atoms with Crippen LogP contribution in [-0.4, -0.2) is 24.3 Å². The van der Waals surface area contributed by atoms with E-state index in [1.807, 2.05) is 19.1 Å². The minimum atomic E-state index is -0.495. The maximum atomic E-state index is 12.2. The molecule has 2 aromatic carbocycles. The highest BCUT2D eigenvalue weighted by atomic mass is 79.9. The summed E-state index contributed by atoms with van der Waals surface area (Å²) in [6.07, 6.45) is 2.24. The number of hydrogen-bond acceptors (Lipinski definition) is 4. The first-order valence-corrected chi connectivity index (χ1v) is 11.3. The van der Waals surface area contributed by atoms with E-state index in [9.17, 15) is 14.4 Å². The van der Waals surface area contributed by atoms with E-state index < -0.39 is 11.8 Å². The van der Waals surface area contributed by atoms with Gasteiger partial charge in [-0.05, 0) is 69.7 Å². The van der Waals surface area contributed by atoms with E-state index in [0.29, 0.717) is 23.4 Å². The lowest BCUT2D eigenvalue weighted by molar-refractivity contribution is -0.123. The summed E-state index contributed by atoms with van der Waals surface area (Å²) in [5, 5.41) is 2.78. The highest BCUT2D eigenvalue weighted by molar-refractivity contribution is 9.10. The van der Waals surface area contributed by atoms with Crippen LogP contribution in [-0.2, 0) is 15.0 Å². The monoisotopic (exact) mass is 503 g/mol. The van der Waals surface area contributed by atoms with Crippen LogP contribution in [0.4, 0.5) is 5.69 Å². The lowest BCUT2D eigenvalue weighted by atomic mass is 9.87.